The van der Waals surface area contributed by atoms with E-state index in [4.69, 9.17) is 9.47 Å². The van der Waals surface area contributed by atoms with Crippen molar-refractivity contribution in [3.8, 4) is 11.1 Å². The number of allylic oxidation sites excluding steroid dienone is 1. The number of ether oxygens (including phenoxy) is 2. The number of rotatable bonds is 8. The van der Waals surface area contributed by atoms with E-state index >= 15 is 0 Å². The van der Waals surface area contributed by atoms with Crippen LogP contribution in [-0.2, 0) is 20.7 Å². The van der Waals surface area contributed by atoms with Gasteiger partial charge in [-0.25, -0.2) is 0 Å². The molecule has 0 bridgehead atoms. The van der Waals surface area contributed by atoms with Crippen molar-refractivity contribution in [3.63, 3.8) is 0 Å². The van der Waals surface area contributed by atoms with Crippen LogP contribution in [0.4, 0.5) is 0 Å². The molecular weight excluding hydrogens is 414 g/mol. The lowest BCUT2D eigenvalue weighted by molar-refractivity contribution is -0.167. The molecule has 1 saturated carbocycles. The third-order valence-electron chi connectivity index (χ3n) is 7.28. The number of aliphatic hydroxyl groups excluding tert-OH is 1. The summed E-state index contributed by atoms with van der Waals surface area (Å²) in [5.41, 5.74) is 6.46. The van der Waals surface area contributed by atoms with Crippen LogP contribution in [0.5, 0.6) is 0 Å². The standard InChI is InChI=1S/C28H33NO4/c1-2-32-28-24(11-6-14-30)25(17-26(33-28)27(31)29-21-8-5-9-21)19-12-13-23-20(16-19)15-18-7-3-4-10-22(18)23/h3-4,7,10,12-13,16-17,21,24-25,28,30H,2,5-6,8-9,11,14-15H2,1H3,(H,29,31)/t24-,25-,28-/m1/s1. The minimum atomic E-state index is -0.510. The molecule has 33 heavy (non-hydrogen) atoms. The summed E-state index contributed by atoms with van der Waals surface area (Å²) in [4.78, 5) is 13.0. The van der Waals surface area contributed by atoms with Crippen molar-refractivity contribution >= 4 is 5.91 Å². The van der Waals surface area contributed by atoms with Crippen LogP contribution in [0, 0.1) is 5.92 Å². The summed E-state index contributed by atoms with van der Waals surface area (Å²) >= 11 is 0. The normalized spacial score (nSPS) is 23.7. The second-order valence-electron chi connectivity index (χ2n) is 9.38. The van der Waals surface area contributed by atoms with Gasteiger partial charge in [-0.1, -0.05) is 42.5 Å². The van der Waals surface area contributed by atoms with Crippen molar-refractivity contribution in [1.29, 1.82) is 0 Å². The third-order valence-corrected chi connectivity index (χ3v) is 7.28. The Morgan fingerprint density at radius 1 is 1.15 bits per heavy atom. The quantitative estimate of drug-likeness (QED) is 0.526. The Hall–Kier alpha value is -2.63. The van der Waals surface area contributed by atoms with Crippen molar-refractivity contribution < 1.29 is 19.4 Å². The summed E-state index contributed by atoms with van der Waals surface area (Å²) in [6, 6.07) is 15.5. The molecule has 3 aliphatic rings. The van der Waals surface area contributed by atoms with Crippen LogP contribution in [0.15, 0.2) is 54.3 Å². The first kappa shape index (κ1) is 22.2. The molecule has 5 heteroatoms. The maximum absolute atomic E-state index is 13.0. The summed E-state index contributed by atoms with van der Waals surface area (Å²) in [5.74, 6) is 0.218. The van der Waals surface area contributed by atoms with Gasteiger partial charge in [-0.15, -0.1) is 0 Å². The maximum atomic E-state index is 13.0. The number of amides is 1. The second-order valence-corrected chi connectivity index (χ2v) is 9.38. The highest BCUT2D eigenvalue weighted by atomic mass is 16.7. The number of hydrogen-bond donors (Lipinski definition) is 2. The van der Waals surface area contributed by atoms with Crippen LogP contribution in [0.25, 0.3) is 11.1 Å². The molecule has 0 unspecified atom stereocenters. The van der Waals surface area contributed by atoms with Gasteiger partial charge in [0, 0.05) is 31.1 Å². The SMILES string of the molecule is CCO[C@@H]1OC(C(=O)NC2CCC2)=C[C@H](c2ccc3c(c2)Cc2ccccc2-3)[C@H]1CCCO. The molecule has 0 radical (unpaired) electrons. The third kappa shape index (κ3) is 4.44. The minimum Gasteiger partial charge on any atom is -0.459 e. The molecule has 1 aliphatic heterocycles. The van der Waals surface area contributed by atoms with Crippen LogP contribution in [0.2, 0.25) is 0 Å². The smallest absolute Gasteiger partial charge is 0.286 e. The first-order valence-electron chi connectivity index (χ1n) is 12.3. The Labute approximate surface area is 195 Å². The van der Waals surface area contributed by atoms with Gasteiger partial charge < -0.3 is 19.9 Å². The van der Waals surface area contributed by atoms with E-state index in [9.17, 15) is 9.90 Å². The molecular formula is C28H33NO4. The van der Waals surface area contributed by atoms with E-state index in [1.54, 1.807) is 0 Å². The van der Waals surface area contributed by atoms with Gasteiger partial charge in [-0.2, -0.15) is 0 Å². The zero-order chi connectivity index (χ0) is 22.8. The number of hydrogen-bond acceptors (Lipinski definition) is 4. The fourth-order valence-electron chi connectivity index (χ4n) is 5.33. The molecule has 5 nitrogen and oxygen atoms in total. The zero-order valence-electron chi connectivity index (χ0n) is 19.3. The lowest BCUT2D eigenvalue weighted by Gasteiger charge is -2.37. The Morgan fingerprint density at radius 2 is 1.97 bits per heavy atom. The molecule has 1 heterocycles. The number of fused-ring (bicyclic) bond motifs is 3. The first-order valence-corrected chi connectivity index (χ1v) is 12.3. The topological polar surface area (TPSA) is 67.8 Å². The summed E-state index contributed by atoms with van der Waals surface area (Å²) in [7, 11) is 0. The highest BCUT2D eigenvalue weighted by molar-refractivity contribution is 5.92. The molecule has 5 rings (SSSR count). The van der Waals surface area contributed by atoms with E-state index < -0.39 is 6.29 Å². The van der Waals surface area contributed by atoms with Crippen LogP contribution >= 0.6 is 0 Å². The van der Waals surface area contributed by atoms with Crippen LogP contribution in [0.3, 0.4) is 0 Å². The fraction of sp³-hybridized carbons (Fsp3) is 0.464. The predicted octanol–water partition coefficient (Wildman–Crippen LogP) is 4.68. The van der Waals surface area contributed by atoms with E-state index in [0.717, 1.165) is 32.1 Å². The number of carbonyl (C=O) groups excluding carboxylic acids is 1. The van der Waals surface area contributed by atoms with Crippen molar-refractivity contribution in [2.45, 2.75) is 63.7 Å². The number of carbonyl (C=O) groups is 1. The Kier molecular flexibility index (Phi) is 6.52. The predicted molar refractivity (Wildman–Crippen MR) is 128 cm³/mol. The molecule has 0 spiro atoms. The molecule has 2 aromatic rings. The molecule has 0 saturated heterocycles. The molecule has 3 atom stereocenters. The van der Waals surface area contributed by atoms with E-state index in [1.807, 2.05) is 13.0 Å². The summed E-state index contributed by atoms with van der Waals surface area (Å²) in [6.45, 7) is 2.57. The van der Waals surface area contributed by atoms with Crippen molar-refractivity contribution in [3.05, 3.63) is 71.0 Å². The Bertz CT molecular complexity index is 1040. The molecule has 1 fully saturated rings. The lowest BCUT2D eigenvalue weighted by Crippen LogP contribution is -2.43. The van der Waals surface area contributed by atoms with Gasteiger partial charge in [-0.3, -0.25) is 4.79 Å². The highest BCUT2D eigenvalue weighted by Crippen LogP contribution is 2.43. The highest BCUT2D eigenvalue weighted by Gasteiger charge is 2.38. The van der Waals surface area contributed by atoms with Gasteiger partial charge in [0.2, 0.25) is 6.29 Å². The van der Waals surface area contributed by atoms with Gasteiger partial charge in [0.15, 0.2) is 5.76 Å². The molecule has 2 aromatic carbocycles. The van der Waals surface area contributed by atoms with Gasteiger partial charge in [0.05, 0.1) is 0 Å². The largest absolute Gasteiger partial charge is 0.459 e. The molecule has 0 aromatic heterocycles. The van der Waals surface area contributed by atoms with Crippen molar-refractivity contribution in [1.82, 2.24) is 5.32 Å². The summed E-state index contributed by atoms with van der Waals surface area (Å²) in [5, 5.41) is 12.6. The van der Waals surface area contributed by atoms with Crippen molar-refractivity contribution in [2.24, 2.45) is 5.92 Å². The van der Waals surface area contributed by atoms with Gasteiger partial charge in [-0.05, 0) is 79.3 Å². The summed E-state index contributed by atoms with van der Waals surface area (Å²) in [6.07, 6.45) is 7.05. The van der Waals surface area contributed by atoms with Gasteiger partial charge >= 0.3 is 0 Å². The zero-order valence-corrected chi connectivity index (χ0v) is 19.3. The number of aliphatic hydroxyl groups is 1. The molecule has 174 valence electrons. The fourth-order valence-corrected chi connectivity index (χ4v) is 5.33. The van der Waals surface area contributed by atoms with Crippen molar-refractivity contribution in [2.75, 3.05) is 13.2 Å². The van der Waals surface area contributed by atoms with Gasteiger partial charge in [0.1, 0.15) is 0 Å². The molecule has 2 N–H and O–H groups in total. The minimum absolute atomic E-state index is 0.0157. The lowest BCUT2D eigenvalue weighted by atomic mass is 9.79. The van der Waals surface area contributed by atoms with E-state index in [1.165, 1.54) is 27.8 Å². The van der Waals surface area contributed by atoms with Gasteiger partial charge in [0.25, 0.3) is 5.91 Å². The Morgan fingerprint density at radius 3 is 2.73 bits per heavy atom. The van der Waals surface area contributed by atoms with E-state index in [0.29, 0.717) is 18.8 Å². The number of nitrogens with one attached hydrogen (secondary N) is 1. The van der Waals surface area contributed by atoms with Crippen LogP contribution in [0.1, 0.15) is 61.6 Å². The average molecular weight is 448 g/mol. The molecule has 2 aliphatic carbocycles. The monoisotopic (exact) mass is 447 g/mol. The van der Waals surface area contributed by atoms with Crippen LogP contribution in [-0.4, -0.2) is 36.6 Å². The molecule has 1 amide bonds. The number of benzene rings is 2. The Balaban J connectivity index is 1.48. The second kappa shape index (κ2) is 9.70. The first-order chi connectivity index (χ1) is 16.2. The van der Waals surface area contributed by atoms with Crippen LogP contribution < -0.4 is 5.32 Å². The summed E-state index contributed by atoms with van der Waals surface area (Å²) < 4.78 is 12.1. The van der Waals surface area contributed by atoms with E-state index in [2.05, 4.69) is 47.8 Å². The van der Waals surface area contributed by atoms with E-state index in [-0.39, 0.29) is 30.4 Å². The average Bonchev–Trinajstić information content (AvgIpc) is 3.18. The maximum Gasteiger partial charge on any atom is 0.286 e.